The molecule has 1 saturated carbocycles. The number of amides is 2. The van der Waals surface area contributed by atoms with Crippen LogP contribution < -0.4 is 15.4 Å². The standard InChI is InChI=1S/C22H32N4O3/c1-16(2)21-25-20(29-26-21)12-7-13-23-22(27)24-15-17-8-6-11-19(14-17)28-18-9-4-3-5-10-18/h6,8,11,14,16,18H,3-5,7,9-10,12-13,15H2,1-2H3,(H2,23,24,27). The van der Waals surface area contributed by atoms with E-state index in [2.05, 4.69) is 20.8 Å². The first-order valence-corrected chi connectivity index (χ1v) is 10.7. The number of rotatable bonds is 9. The Morgan fingerprint density at radius 2 is 2.07 bits per heavy atom. The molecule has 1 aromatic carbocycles. The number of hydrogen-bond donors (Lipinski definition) is 2. The van der Waals surface area contributed by atoms with Crippen molar-refractivity contribution in [2.24, 2.45) is 0 Å². The van der Waals surface area contributed by atoms with E-state index in [9.17, 15) is 4.79 Å². The molecule has 1 aromatic heterocycles. The Morgan fingerprint density at radius 1 is 1.24 bits per heavy atom. The molecule has 29 heavy (non-hydrogen) atoms. The normalized spacial score (nSPS) is 14.7. The van der Waals surface area contributed by atoms with Crippen LogP contribution in [-0.2, 0) is 13.0 Å². The largest absolute Gasteiger partial charge is 0.490 e. The Labute approximate surface area is 172 Å². The Hall–Kier alpha value is -2.57. The molecule has 0 radical (unpaired) electrons. The molecule has 1 heterocycles. The van der Waals surface area contributed by atoms with Crippen LogP contribution in [-0.4, -0.2) is 28.8 Å². The van der Waals surface area contributed by atoms with Crippen LogP contribution in [0, 0.1) is 0 Å². The van der Waals surface area contributed by atoms with Crippen molar-refractivity contribution in [3.8, 4) is 5.75 Å². The van der Waals surface area contributed by atoms with Gasteiger partial charge in [-0.3, -0.25) is 0 Å². The zero-order valence-electron chi connectivity index (χ0n) is 17.4. The van der Waals surface area contributed by atoms with E-state index in [-0.39, 0.29) is 11.9 Å². The van der Waals surface area contributed by atoms with Crippen LogP contribution in [0.1, 0.15) is 75.6 Å². The number of nitrogens with zero attached hydrogens (tertiary/aromatic N) is 2. The Bertz CT molecular complexity index is 769. The van der Waals surface area contributed by atoms with Crippen LogP contribution in [0.4, 0.5) is 4.79 Å². The van der Waals surface area contributed by atoms with E-state index in [4.69, 9.17) is 9.26 Å². The first kappa shape index (κ1) is 21.1. The molecular formula is C22H32N4O3. The van der Waals surface area contributed by atoms with Crippen molar-refractivity contribution in [3.05, 3.63) is 41.5 Å². The first-order valence-electron chi connectivity index (χ1n) is 10.7. The number of ether oxygens (including phenoxy) is 1. The molecule has 3 rings (SSSR count). The highest BCUT2D eigenvalue weighted by Crippen LogP contribution is 2.23. The van der Waals surface area contributed by atoms with E-state index in [0.29, 0.717) is 31.5 Å². The van der Waals surface area contributed by atoms with Gasteiger partial charge in [0.25, 0.3) is 0 Å². The molecule has 0 aliphatic heterocycles. The maximum absolute atomic E-state index is 12.0. The smallest absolute Gasteiger partial charge is 0.315 e. The van der Waals surface area contributed by atoms with Crippen molar-refractivity contribution in [1.82, 2.24) is 20.8 Å². The number of nitrogens with one attached hydrogen (secondary N) is 2. The van der Waals surface area contributed by atoms with E-state index >= 15 is 0 Å². The highest BCUT2D eigenvalue weighted by molar-refractivity contribution is 5.73. The van der Waals surface area contributed by atoms with Crippen molar-refractivity contribution in [3.63, 3.8) is 0 Å². The van der Waals surface area contributed by atoms with Gasteiger partial charge < -0.3 is 19.9 Å². The van der Waals surface area contributed by atoms with Gasteiger partial charge in [0.15, 0.2) is 5.82 Å². The predicted octanol–water partition coefficient (Wildman–Crippen LogP) is 4.34. The summed E-state index contributed by atoms with van der Waals surface area (Å²) in [7, 11) is 0. The van der Waals surface area contributed by atoms with Crippen LogP contribution in [0.25, 0.3) is 0 Å². The van der Waals surface area contributed by atoms with Gasteiger partial charge >= 0.3 is 6.03 Å². The summed E-state index contributed by atoms with van der Waals surface area (Å²) in [6.45, 7) is 5.07. The van der Waals surface area contributed by atoms with Gasteiger partial charge in [0.1, 0.15) is 5.75 Å². The maximum atomic E-state index is 12.0. The quantitative estimate of drug-likeness (QED) is 0.611. The van der Waals surface area contributed by atoms with Gasteiger partial charge in [0, 0.05) is 25.4 Å². The molecule has 0 atom stereocenters. The molecule has 1 aliphatic carbocycles. The minimum atomic E-state index is -0.183. The number of benzene rings is 1. The predicted molar refractivity (Wildman–Crippen MR) is 111 cm³/mol. The van der Waals surface area contributed by atoms with Gasteiger partial charge in [0.2, 0.25) is 5.89 Å². The SMILES string of the molecule is CC(C)c1noc(CCCNC(=O)NCc2cccc(OC3CCCCC3)c2)n1. The molecule has 0 bridgehead atoms. The van der Waals surface area contributed by atoms with Gasteiger partial charge in [0.05, 0.1) is 6.10 Å². The van der Waals surface area contributed by atoms with Gasteiger partial charge in [-0.2, -0.15) is 4.98 Å². The minimum absolute atomic E-state index is 0.183. The summed E-state index contributed by atoms with van der Waals surface area (Å²) in [6.07, 6.45) is 7.80. The van der Waals surface area contributed by atoms with E-state index in [1.54, 1.807) is 0 Å². The van der Waals surface area contributed by atoms with Gasteiger partial charge in [-0.05, 0) is 49.8 Å². The molecule has 0 saturated heterocycles. The number of carbonyl (C=O) groups excluding carboxylic acids is 1. The summed E-state index contributed by atoms with van der Waals surface area (Å²) >= 11 is 0. The second-order valence-corrected chi connectivity index (χ2v) is 7.94. The second kappa shape index (κ2) is 10.8. The van der Waals surface area contributed by atoms with Crippen LogP contribution in [0.5, 0.6) is 5.75 Å². The zero-order chi connectivity index (χ0) is 20.5. The van der Waals surface area contributed by atoms with Crippen LogP contribution >= 0.6 is 0 Å². The Morgan fingerprint density at radius 3 is 2.83 bits per heavy atom. The average molecular weight is 401 g/mol. The van der Waals surface area contributed by atoms with Crippen molar-refractivity contribution in [2.75, 3.05) is 6.54 Å². The first-order chi connectivity index (χ1) is 14.1. The lowest BCUT2D eigenvalue weighted by Crippen LogP contribution is -2.35. The molecule has 2 N–H and O–H groups in total. The summed E-state index contributed by atoms with van der Waals surface area (Å²) in [5.74, 6) is 2.48. The molecule has 0 unspecified atom stereocenters. The van der Waals surface area contributed by atoms with Crippen molar-refractivity contribution < 1.29 is 14.1 Å². The lowest BCUT2D eigenvalue weighted by molar-refractivity contribution is 0.155. The molecule has 7 nitrogen and oxygen atoms in total. The van der Waals surface area contributed by atoms with Gasteiger partial charge in [-0.1, -0.05) is 37.6 Å². The Balaban J connectivity index is 1.34. The van der Waals surface area contributed by atoms with Gasteiger partial charge in [-0.25, -0.2) is 4.79 Å². The number of aryl methyl sites for hydroxylation is 1. The number of hydrogen-bond acceptors (Lipinski definition) is 5. The van der Waals surface area contributed by atoms with Crippen LogP contribution in [0.3, 0.4) is 0 Å². The average Bonchev–Trinajstić information content (AvgIpc) is 3.20. The number of aromatic nitrogens is 2. The fourth-order valence-corrected chi connectivity index (χ4v) is 3.39. The topological polar surface area (TPSA) is 89.3 Å². The zero-order valence-corrected chi connectivity index (χ0v) is 17.4. The summed E-state index contributed by atoms with van der Waals surface area (Å²) in [5, 5.41) is 9.69. The highest BCUT2D eigenvalue weighted by Gasteiger charge is 2.15. The monoisotopic (exact) mass is 400 g/mol. The van der Waals surface area contributed by atoms with Crippen LogP contribution in [0.15, 0.2) is 28.8 Å². The van der Waals surface area contributed by atoms with Crippen LogP contribution in [0.2, 0.25) is 0 Å². The molecule has 2 aromatic rings. The van der Waals surface area contributed by atoms with E-state index in [1.165, 1.54) is 19.3 Å². The van der Waals surface area contributed by atoms with Crippen molar-refractivity contribution >= 4 is 6.03 Å². The summed E-state index contributed by atoms with van der Waals surface area (Å²) in [5.41, 5.74) is 1.03. The highest BCUT2D eigenvalue weighted by atomic mass is 16.5. The third kappa shape index (κ3) is 7.07. The van der Waals surface area contributed by atoms with E-state index in [0.717, 1.165) is 36.4 Å². The van der Waals surface area contributed by atoms with E-state index < -0.39 is 0 Å². The molecule has 2 amide bonds. The molecule has 7 heteroatoms. The fraction of sp³-hybridized carbons (Fsp3) is 0.591. The summed E-state index contributed by atoms with van der Waals surface area (Å²) in [6, 6.07) is 7.78. The van der Waals surface area contributed by atoms with Gasteiger partial charge in [-0.15, -0.1) is 0 Å². The van der Waals surface area contributed by atoms with Crippen molar-refractivity contribution in [2.45, 2.75) is 77.4 Å². The number of urea groups is 1. The van der Waals surface area contributed by atoms with E-state index in [1.807, 2.05) is 38.1 Å². The molecule has 1 aliphatic rings. The summed E-state index contributed by atoms with van der Waals surface area (Å²) < 4.78 is 11.3. The molecule has 0 spiro atoms. The third-order valence-electron chi connectivity index (χ3n) is 5.06. The lowest BCUT2D eigenvalue weighted by atomic mass is 9.98. The fourth-order valence-electron chi connectivity index (χ4n) is 3.39. The lowest BCUT2D eigenvalue weighted by Gasteiger charge is -2.23. The third-order valence-corrected chi connectivity index (χ3v) is 5.06. The minimum Gasteiger partial charge on any atom is -0.490 e. The molecule has 158 valence electrons. The van der Waals surface area contributed by atoms with Crippen molar-refractivity contribution in [1.29, 1.82) is 0 Å². The summed E-state index contributed by atoms with van der Waals surface area (Å²) in [4.78, 5) is 16.4. The Kier molecular flexibility index (Phi) is 7.90. The molecular weight excluding hydrogens is 368 g/mol. The second-order valence-electron chi connectivity index (χ2n) is 7.94. The maximum Gasteiger partial charge on any atom is 0.315 e. The molecule has 1 fully saturated rings. The number of carbonyl (C=O) groups is 1.